The molecule has 7 nitrogen and oxygen atoms in total. The van der Waals surface area contributed by atoms with Gasteiger partial charge in [-0.3, -0.25) is 0 Å². The summed E-state index contributed by atoms with van der Waals surface area (Å²) in [5.41, 5.74) is 6.02. The number of benzene rings is 2. The van der Waals surface area contributed by atoms with Gasteiger partial charge in [0, 0.05) is 12.5 Å². The Morgan fingerprint density at radius 1 is 1.10 bits per heavy atom. The van der Waals surface area contributed by atoms with E-state index in [0.717, 1.165) is 11.1 Å². The molecule has 7 heteroatoms. The molecule has 0 aliphatic heterocycles. The zero-order valence-electron chi connectivity index (χ0n) is 16.7. The lowest BCUT2D eigenvalue weighted by Gasteiger charge is -2.10. The van der Waals surface area contributed by atoms with E-state index in [1.807, 2.05) is 49.4 Å². The minimum absolute atomic E-state index is 0.317. The summed E-state index contributed by atoms with van der Waals surface area (Å²) in [6.07, 6.45) is 5.16. The molecule has 0 spiro atoms. The lowest BCUT2D eigenvalue weighted by Crippen LogP contribution is -2.05. The molecule has 0 saturated heterocycles. The van der Waals surface area contributed by atoms with Crippen molar-refractivity contribution in [2.75, 3.05) is 26.3 Å². The summed E-state index contributed by atoms with van der Waals surface area (Å²) in [6, 6.07) is 15.4. The maximum Gasteiger partial charge on any atom is 0.247 e. The Kier molecular flexibility index (Phi) is 7.00. The van der Waals surface area contributed by atoms with Gasteiger partial charge in [0.2, 0.25) is 11.8 Å². The van der Waals surface area contributed by atoms with Crippen molar-refractivity contribution < 1.29 is 14.2 Å². The first-order valence-corrected chi connectivity index (χ1v) is 9.12. The van der Waals surface area contributed by atoms with Crippen LogP contribution >= 0.6 is 0 Å². The zero-order chi connectivity index (χ0) is 20.5. The molecule has 1 radical (unpaired) electrons. The van der Waals surface area contributed by atoms with Gasteiger partial charge in [0.1, 0.15) is 0 Å². The van der Waals surface area contributed by atoms with E-state index < -0.39 is 0 Å². The second-order valence-electron chi connectivity index (χ2n) is 6.23. The number of aryl methyl sites for hydroxylation is 1. The van der Waals surface area contributed by atoms with Crippen molar-refractivity contribution in [1.29, 1.82) is 0 Å². The average molecular weight is 391 g/mol. The molecule has 0 bridgehead atoms. The molecule has 3 aromatic rings. The Bertz CT molecular complexity index is 976. The van der Waals surface area contributed by atoms with Gasteiger partial charge < -0.3 is 14.2 Å². The van der Waals surface area contributed by atoms with Gasteiger partial charge >= 0.3 is 0 Å². The Labute approximate surface area is 170 Å². The van der Waals surface area contributed by atoms with Crippen molar-refractivity contribution in [3.8, 4) is 17.4 Å². The number of hydrogen-bond donors (Lipinski definition) is 1. The third-order valence-corrected chi connectivity index (χ3v) is 4.08. The van der Waals surface area contributed by atoms with E-state index in [-0.39, 0.29) is 0 Å². The Hall–Kier alpha value is -3.61. The molecule has 0 amide bonds. The van der Waals surface area contributed by atoms with Crippen LogP contribution in [0.3, 0.4) is 0 Å². The fourth-order valence-electron chi connectivity index (χ4n) is 2.66. The number of aromatic nitrogens is 2. The monoisotopic (exact) mass is 391 g/mol. The Balaban J connectivity index is 1.53. The highest BCUT2D eigenvalue weighted by molar-refractivity contribution is 5.80. The lowest BCUT2D eigenvalue weighted by molar-refractivity contribution is 0.308. The van der Waals surface area contributed by atoms with Crippen molar-refractivity contribution in [1.82, 2.24) is 9.97 Å². The lowest BCUT2D eigenvalue weighted by atomic mass is 10.1. The van der Waals surface area contributed by atoms with Crippen molar-refractivity contribution in [2.45, 2.75) is 13.3 Å². The van der Waals surface area contributed by atoms with Gasteiger partial charge in [-0.1, -0.05) is 35.9 Å². The van der Waals surface area contributed by atoms with Crippen molar-refractivity contribution in [3.05, 3.63) is 71.4 Å². The van der Waals surface area contributed by atoms with E-state index in [1.54, 1.807) is 26.5 Å². The van der Waals surface area contributed by atoms with Crippen LogP contribution in [0.25, 0.3) is 0 Å². The molecule has 0 aliphatic carbocycles. The summed E-state index contributed by atoms with van der Waals surface area (Å²) < 4.78 is 16.3. The van der Waals surface area contributed by atoms with Gasteiger partial charge in [0.15, 0.2) is 11.5 Å². The summed E-state index contributed by atoms with van der Waals surface area (Å²) in [4.78, 5) is 8.30. The highest BCUT2D eigenvalue weighted by Crippen LogP contribution is 2.27. The molecule has 0 atom stereocenters. The van der Waals surface area contributed by atoms with Crippen LogP contribution in [0.4, 0.5) is 5.95 Å². The Morgan fingerprint density at radius 2 is 1.97 bits per heavy atom. The van der Waals surface area contributed by atoms with E-state index in [4.69, 9.17) is 14.2 Å². The first kappa shape index (κ1) is 20.1. The highest BCUT2D eigenvalue weighted by atomic mass is 16.5. The molecule has 1 heterocycles. The second kappa shape index (κ2) is 10.1. The number of nitrogens with zero attached hydrogens (tertiary/aromatic N) is 3. The van der Waals surface area contributed by atoms with E-state index in [0.29, 0.717) is 36.4 Å². The van der Waals surface area contributed by atoms with E-state index >= 15 is 0 Å². The predicted octanol–water partition coefficient (Wildman–Crippen LogP) is 3.67. The zero-order valence-corrected chi connectivity index (χ0v) is 16.7. The minimum Gasteiger partial charge on any atom is -0.493 e. The molecule has 0 fully saturated rings. The van der Waals surface area contributed by atoms with Gasteiger partial charge in [-0.15, -0.1) is 0 Å². The molecule has 2 aromatic carbocycles. The number of rotatable bonds is 9. The smallest absolute Gasteiger partial charge is 0.247 e. The molecule has 0 aliphatic rings. The third-order valence-electron chi connectivity index (χ3n) is 4.08. The fraction of sp³-hybridized carbons (Fsp3) is 0.227. The van der Waals surface area contributed by atoms with Crippen LogP contribution in [0.1, 0.15) is 16.7 Å². The molecule has 29 heavy (non-hydrogen) atoms. The minimum atomic E-state index is 0.317. The quantitative estimate of drug-likeness (QED) is 0.443. The molecule has 0 saturated carbocycles. The SMILES string of the molecule is COc1ccc(CCOc2c[c]nc(NN=Cc3cccc(C)c3)n2)cc1OC. The molecular formula is C22H23N4O3. The van der Waals surface area contributed by atoms with Crippen LogP contribution in [0.5, 0.6) is 17.4 Å². The average Bonchev–Trinajstić information content (AvgIpc) is 2.74. The maximum absolute atomic E-state index is 5.71. The van der Waals surface area contributed by atoms with Crippen LogP contribution in [0, 0.1) is 13.1 Å². The number of hydrazone groups is 1. The van der Waals surface area contributed by atoms with Crippen LogP contribution in [0.2, 0.25) is 0 Å². The number of nitrogens with one attached hydrogen (secondary N) is 1. The van der Waals surface area contributed by atoms with E-state index in [2.05, 4.69) is 26.7 Å². The summed E-state index contributed by atoms with van der Waals surface area (Å²) in [7, 11) is 3.23. The molecule has 3 rings (SSSR count). The topological polar surface area (TPSA) is 77.9 Å². The molecule has 1 N–H and O–H groups in total. The van der Waals surface area contributed by atoms with Crippen molar-refractivity contribution in [2.24, 2.45) is 5.10 Å². The predicted molar refractivity (Wildman–Crippen MR) is 112 cm³/mol. The van der Waals surface area contributed by atoms with E-state index in [9.17, 15) is 0 Å². The molecule has 149 valence electrons. The second-order valence-corrected chi connectivity index (χ2v) is 6.23. The maximum atomic E-state index is 5.71. The summed E-state index contributed by atoms with van der Waals surface area (Å²) in [6.45, 7) is 2.48. The number of ether oxygens (including phenoxy) is 3. The van der Waals surface area contributed by atoms with Gasteiger partial charge in [0.25, 0.3) is 0 Å². The summed E-state index contributed by atoms with van der Waals surface area (Å²) >= 11 is 0. The van der Waals surface area contributed by atoms with Gasteiger partial charge in [-0.05, 0) is 30.2 Å². The molecular weight excluding hydrogens is 368 g/mol. The van der Waals surface area contributed by atoms with Gasteiger partial charge in [0.05, 0.1) is 33.2 Å². The van der Waals surface area contributed by atoms with E-state index in [1.165, 1.54) is 5.56 Å². The molecule has 0 unspecified atom stereocenters. The van der Waals surface area contributed by atoms with Crippen molar-refractivity contribution >= 4 is 12.2 Å². The first-order valence-electron chi connectivity index (χ1n) is 9.12. The standard InChI is InChI=1S/C22H23N4O3/c1-16-5-4-6-18(13-16)15-24-26-22-23-11-9-21(25-22)29-12-10-17-7-8-19(27-2)20(14-17)28-3/h4-9,13-15H,10,12H2,1-3H3,(H,23,25,26). The normalized spacial score (nSPS) is 10.7. The van der Waals surface area contributed by atoms with Gasteiger partial charge in [-0.2, -0.15) is 10.1 Å². The molecule has 1 aromatic heterocycles. The Morgan fingerprint density at radius 3 is 2.76 bits per heavy atom. The number of anilines is 1. The highest BCUT2D eigenvalue weighted by Gasteiger charge is 2.05. The number of hydrogen-bond acceptors (Lipinski definition) is 7. The van der Waals surface area contributed by atoms with Gasteiger partial charge in [-0.25, -0.2) is 10.4 Å². The largest absolute Gasteiger partial charge is 0.493 e. The van der Waals surface area contributed by atoms with Crippen LogP contribution in [0.15, 0.2) is 53.6 Å². The van der Waals surface area contributed by atoms with Crippen LogP contribution < -0.4 is 19.6 Å². The summed E-state index contributed by atoms with van der Waals surface area (Å²) in [5, 5.41) is 4.16. The fourth-order valence-corrected chi connectivity index (χ4v) is 2.66. The first-order chi connectivity index (χ1) is 14.2. The van der Waals surface area contributed by atoms with Crippen LogP contribution in [-0.2, 0) is 6.42 Å². The van der Waals surface area contributed by atoms with Crippen molar-refractivity contribution in [3.63, 3.8) is 0 Å². The third kappa shape index (κ3) is 5.93. The summed E-state index contributed by atoms with van der Waals surface area (Å²) in [5.74, 6) is 2.13. The van der Waals surface area contributed by atoms with Crippen LogP contribution in [-0.4, -0.2) is 37.0 Å². The number of methoxy groups -OCH3 is 2.